The number of aromatic nitrogens is 1. The molecule has 19 heavy (non-hydrogen) atoms. The zero-order valence-electron chi connectivity index (χ0n) is 11.5. The molecule has 0 saturated heterocycles. The Labute approximate surface area is 118 Å². The van der Waals surface area contributed by atoms with Gasteiger partial charge in [-0.25, -0.2) is 4.98 Å². The monoisotopic (exact) mass is 276 g/mol. The average molecular weight is 276 g/mol. The molecule has 0 aliphatic heterocycles. The summed E-state index contributed by atoms with van der Waals surface area (Å²) in [6, 6.07) is 8.03. The minimum absolute atomic E-state index is 0.872. The summed E-state index contributed by atoms with van der Waals surface area (Å²) in [5, 5.41) is 6.69. The van der Waals surface area contributed by atoms with Gasteiger partial charge in [0.25, 0.3) is 0 Å². The predicted molar refractivity (Wildman–Crippen MR) is 81.0 cm³/mol. The largest absolute Gasteiger partial charge is 0.497 e. The van der Waals surface area contributed by atoms with E-state index in [9.17, 15) is 0 Å². The molecular formula is C15H20N2OS. The quantitative estimate of drug-likeness (QED) is 0.787. The zero-order chi connectivity index (χ0) is 13.5. The van der Waals surface area contributed by atoms with E-state index in [4.69, 9.17) is 4.74 Å². The lowest BCUT2D eigenvalue weighted by atomic mass is 10.2. The van der Waals surface area contributed by atoms with Crippen molar-refractivity contribution in [3.05, 3.63) is 34.7 Å². The molecule has 0 aliphatic carbocycles. The van der Waals surface area contributed by atoms with Crippen molar-refractivity contribution in [1.29, 1.82) is 0 Å². The first-order chi connectivity index (χ1) is 9.33. The van der Waals surface area contributed by atoms with Crippen LogP contribution in [0.2, 0.25) is 0 Å². The van der Waals surface area contributed by atoms with E-state index in [1.807, 2.05) is 18.2 Å². The van der Waals surface area contributed by atoms with E-state index in [-0.39, 0.29) is 0 Å². The molecule has 0 bridgehead atoms. The molecule has 1 aromatic carbocycles. The van der Waals surface area contributed by atoms with E-state index >= 15 is 0 Å². The first kappa shape index (κ1) is 14.0. The number of hydrogen-bond acceptors (Lipinski definition) is 4. The van der Waals surface area contributed by atoms with Crippen molar-refractivity contribution < 1.29 is 4.74 Å². The Morgan fingerprint density at radius 3 is 3.00 bits per heavy atom. The topological polar surface area (TPSA) is 34.2 Å². The summed E-state index contributed by atoms with van der Waals surface area (Å²) in [7, 11) is 1.69. The summed E-state index contributed by atoms with van der Waals surface area (Å²) in [5.41, 5.74) is 2.15. The van der Waals surface area contributed by atoms with Crippen LogP contribution < -0.4 is 10.1 Å². The molecule has 2 aromatic rings. The van der Waals surface area contributed by atoms with Crippen LogP contribution in [0.15, 0.2) is 29.6 Å². The second-order valence-corrected chi connectivity index (χ2v) is 5.30. The molecule has 0 radical (unpaired) electrons. The number of ether oxygens (including phenoxy) is 1. The summed E-state index contributed by atoms with van der Waals surface area (Å²) in [6.45, 7) is 4.25. The van der Waals surface area contributed by atoms with Crippen LogP contribution in [0.1, 0.15) is 18.4 Å². The molecule has 4 heteroatoms. The Bertz CT molecular complexity index is 510. The lowest BCUT2D eigenvalue weighted by Gasteiger charge is -2.02. The van der Waals surface area contributed by atoms with E-state index in [0.29, 0.717) is 0 Å². The highest BCUT2D eigenvalue weighted by molar-refractivity contribution is 7.09. The smallest absolute Gasteiger partial charge is 0.119 e. The van der Waals surface area contributed by atoms with E-state index in [1.54, 1.807) is 18.4 Å². The third-order valence-electron chi connectivity index (χ3n) is 2.86. The highest BCUT2D eigenvalue weighted by Crippen LogP contribution is 2.25. The van der Waals surface area contributed by atoms with Crippen LogP contribution in [0, 0.1) is 0 Å². The van der Waals surface area contributed by atoms with Crippen LogP contribution in [0.3, 0.4) is 0 Å². The molecule has 0 unspecified atom stereocenters. The van der Waals surface area contributed by atoms with Gasteiger partial charge in [0, 0.05) is 23.9 Å². The van der Waals surface area contributed by atoms with Crippen LogP contribution in [0.25, 0.3) is 11.3 Å². The molecule has 0 fully saturated rings. The van der Waals surface area contributed by atoms with Crippen LogP contribution in [0.5, 0.6) is 5.75 Å². The molecule has 0 aliphatic rings. The van der Waals surface area contributed by atoms with Crippen molar-refractivity contribution in [3.8, 4) is 17.0 Å². The molecule has 1 N–H and O–H groups in total. The number of benzene rings is 1. The molecule has 0 atom stereocenters. The lowest BCUT2D eigenvalue weighted by molar-refractivity contribution is 0.415. The second-order valence-electron chi connectivity index (χ2n) is 4.36. The standard InChI is InChI=1S/C15H20N2OS/c1-3-8-16-9-7-15-17-14(11-19-15)12-5-4-6-13(10-12)18-2/h4-6,10-11,16H,3,7-9H2,1-2H3. The highest BCUT2D eigenvalue weighted by atomic mass is 32.1. The number of thiazole rings is 1. The number of methoxy groups -OCH3 is 1. The van der Waals surface area contributed by atoms with Gasteiger partial charge in [0.1, 0.15) is 5.75 Å². The van der Waals surface area contributed by atoms with E-state index in [2.05, 4.69) is 28.7 Å². The number of nitrogens with one attached hydrogen (secondary N) is 1. The van der Waals surface area contributed by atoms with E-state index in [1.165, 1.54) is 11.4 Å². The number of hydrogen-bond donors (Lipinski definition) is 1. The SMILES string of the molecule is CCCNCCc1nc(-c2cccc(OC)c2)cs1. The molecule has 0 amide bonds. The van der Waals surface area contributed by atoms with Gasteiger partial charge in [-0.05, 0) is 25.1 Å². The lowest BCUT2D eigenvalue weighted by Crippen LogP contribution is -2.17. The fraction of sp³-hybridized carbons (Fsp3) is 0.400. The van der Waals surface area contributed by atoms with Crippen molar-refractivity contribution in [3.63, 3.8) is 0 Å². The molecule has 1 aromatic heterocycles. The predicted octanol–water partition coefficient (Wildman–Crippen LogP) is 3.36. The van der Waals surface area contributed by atoms with Gasteiger partial charge >= 0.3 is 0 Å². The van der Waals surface area contributed by atoms with Gasteiger partial charge in [-0.15, -0.1) is 11.3 Å². The molecule has 0 saturated carbocycles. The average Bonchev–Trinajstić information content (AvgIpc) is 2.92. The summed E-state index contributed by atoms with van der Waals surface area (Å²) in [4.78, 5) is 4.68. The molecule has 102 valence electrons. The summed E-state index contributed by atoms with van der Waals surface area (Å²) in [5.74, 6) is 0.872. The van der Waals surface area contributed by atoms with Crippen molar-refractivity contribution in [2.24, 2.45) is 0 Å². The maximum Gasteiger partial charge on any atom is 0.119 e. The van der Waals surface area contributed by atoms with Gasteiger partial charge in [0.2, 0.25) is 0 Å². The Balaban J connectivity index is 1.99. The van der Waals surface area contributed by atoms with Gasteiger partial charge in [0.05, 0.1) is 17.8 Å². The fourth-order valence-corrected chi connectivity index (χ4v) is 2.65. The molecule has 3 nitrogen and oxygen atoms in total. The van der Waals surface area contributed by atoms with Crippen LogP contribution >= 0.6 is 11.3 Å². The van der Waals surface area contributed by atoms with Gasteiger partial charge in [-0.3, -0.25) is 0 Å². The van der Waals surface area contributed by atoms with Crippen LogP contribution in [0.4, 0.5) is 0 Å². The second kappa shape index (κ2) is 7.26. The molecule has 1 heterocycles. The minimum atomic E-state index is 0.872. The Kier molecular flexibility index (Phi) is 5.36. The molecule has 0 spiro atoms. The minimum Gasteiger partial charge on any atom is -0.497 e. The number of rotatable bonds is 7. The summed E-state index contributed by atoms with van der Waals surface area (Å²) >= 11 is 1.72. The zero-order valence-corrected chi connectivity index (χ0v) is 12.3. The molecular weight excluding hydrogens is 256 g/mol. The molecule has 2 rings (SSSR count). The van der Waals surface area contributed by atoms with Gasteiger partial charge in [-0.1, -0.05) is 19.1 Å². The third kappa shape index (κ3) is 4.04. The van der Waals surface area contributed by atoms with Gasteiger partial charge in [0.15, 0.2) is 0 Å². The fourth-order valence-electron chi connectivity index (χ4n) is 1.84. The highest BCUT2D eigenvalue weighted by Gasteiger charge is 2.05. The first-order valence-corrected chi connectivity index (χ1v) is 7.51. The maximum atomic E-state index is 5.24. The Morgan fingerprint density at radius 2 is 2.21 bits per heavy atom. The van der Waals surface area contributed by atoms with Gasteiger partial charge < -0.3 is 10.1 Å². The van der Waals surface area contributed by atoms with E-state index in [0.717, 1.165) is 36.5 Å². The van der Waals surface area contributed by atoms with E-state index < -0.39 is 0 Å². The third-order valence-corrected chi connectivity index (χ3v) is 3.77. The summed E-state index contributed by atoms with van der Waals surface area (Å²) in [6.07, 6.45) is 2.17. The van der Waals surface area contributed by atoms with Crippen molar-refractivity contribution >= 4 is 11.3 Å². The Hall–Kier alpha value is -1.39. The summed E-state index contributed by atoms with van der Waals surface area (Å²) < 4.78 is 5.24. The van der Waals surface area contributed by atoms with Crippen LogP contribution in [-0.4, -0.2) is 25.2 Å². The number of nitrogens with zero attached hydrogens (tertiary/aromatic N) is 1. The first-order valence-electron chi connectivity index (χ1n) is 6.63. The van der Waals surface area contributed by atoms with Gasteiger partial charge in [-0.2, -0.15) is 0 Å². The van der Waals surface area contributed by atoms with Crippen molar-refractivity contribution in [2.75, 3.05) is 20.2 Å². The Morgan fingerprint density at radius 1 is 1.32 bits per heavy atom. The van der Waals surface area contributed by atoms with Crippen molar-refractivity contribution in [1.82, 2.24) is 10.3 Å². The normalized spacial score (nSPS) is 10.6. The van der Waals surface area contributed by atoms with Crippen LogP contribution in [-0.2, 0) is 6.42 Å². The van der Waals surface area contributed by atoms with Crippen molar-refractivity contribution in [2.45, 2.75) is 19.8 Å². The maximum absolute atomic E-state index is 5.24.